The Hall–Kier alpha value is -3.22. The second kappa shape index (κ2) is 10.8. The molecule has 2 atom stereocenters. The van der Waals surface area contributed by atoms with Crippen molar-refractivity contribution in [3.8, 4) is 11.5 Å². The molecule has 3 aromatic carbocycles. The van der Waals surface area contributed by atoms with Gasteiger partial charge in [-0.15, -0.1) is 0 Å². The Morgan fingerprint density at radius 3 is 2.25 bits per heavy atom. The number of hydrogen-bond acceptors (Lipinski definition) is 6. The minimum absolute atomic E-state index is 0.0870. The average Bonchev–Trinajstić information content (AvgIpc) is 3.26. The van der Waals surface area contributed by atoms with Gasteiger partial charge in [-0.25, -0.2) is 4.79 Å². The Morgan fingerprint density at radius 2 is 1.67 bits per heavy atom. The van der Waals surface area contributed by atoms with E-state index in [2.05, 4.69) is 5.32 Å². The fraction of sp³-hybridized carbons (Fsp3) is 0.286. The van der Waals surface area contributed by atoms with E-state index in [0.29, 0.717) is 38.5 Å². The molecular formula is C28H28Cl2N2O4. The number of carbonyl (C=O) groups is 1. The zero-order valence-corrected chi connectivity index (χ0v) is 22.1. The molecule has 0 saturated heterocycles. The van der Waals surface area contributed by atoms with Crippen LogP contribution in [-0.2, 0) is 15.1 Å². The molecule has 36 heavy (non-hydrogen) atoms. The molecule has 0 saturated carbocycles. The molecule has 0 amide bonds. The van der Waals surface area contributed by atoms with Crippen LogP contribution in [0.2, 0.25) is 10.0 Å². The van der Waals surface area contributed by atoms with E-state index in [4.69, 9.17) is 42.4 Å². The van der Waals surface area contributed by atoms with Gasteiger partial charge in [-0.2, -0.15) is 0 Å². The summed E-state index contributed by atoms with van der Waals surface area (Å²) < 4.78 is 17.1. The molecule has 188 valence electrons. The number of halogens is 2. The van der Waals surface area contributed by atoms with Gasteiger partial charge in [0.05, 0.1) is 25.4 Å². The summed E-state index contributed by atoms with van der Waals surface area (Å²) in [5.41, 5.74) is 0.816. The fourth-order valence-electron chi connectivity index (χ4n) is 4.26. The molecule has 1 aliphatic heterocycles. The van der Waals surface area contributed by atoms with E-state index in [-0.39, 0.29) is 12.7 Å². The van der Waals surface area contributed by atoms with Crippen LogP contribution in [0.1, 0.15) is 43.5 Å². The smallest absolute Gasteiger partial charge is 0.339 e. The predicted octanol–water partition coefficient (Wildman–Crippen LogP) is 6.34. The van der Waals surface area contributed by atoms with E-state index in [1.165, 1.54) is 0 Å². The van der Waals surface area contributed by atoms with Gasteiger partial charge in [-0.05, 0) is 68.3 Å². The SMILES string of the molecule is CCOC(=O)C1(c2ccc(Cl)cc2)NC(c2ccc(OC)cc2OC(C)C)=NC1c1ccc(Cl)cc1. The third-order valence-corrected chi connectivity index (χ3v) is 6.38. The number of carbonyl (C=O) groups excluding carboxylic acids is 1. The zero-order chi connectivity index (χ0) is 25.9. The van der Waals surface area contributed by atoms with E-state index in [1.807, 2.05) is 56.3 Å². The van der Waals surface area contributed by atoms with Crippen molar-refractivity contribution in [1.29, 1.82) is 0 Å². The molecule has 4 rings (SSSR count). The molecule has 1 heterocycles. The van der Waals surface area contributed by atoms with Gasteiger partial charge in [-0.1, -0.05) is 47.5 Å². The largest absolute Gasteiger partial charge is 0.497 e. The summed E-state index contributed by atoms with van der Waals surface area (Å²) >= 11 is 12.4. The first-order valence-electron chi connectivity index (χ1n) is 11.7. The fourth-order valence-corrected chi connectivity index (χ4v) is 4.52. The molecule has 1 aliphatic rings. The van der Waals surface area contributed by atoms with Crippen molar-refractivity contribution in [2.45, 2.75) is 38.5 Å². The maximum Gasteiger partial charge on any atom is 0.339 e. The zero-order valence-electron chi connectivity index (χ0n) is 20.5. The van der Waals surface area contributed by atoms with Gasteiger partial charge in [-0.3, -0.25) is 4.99 Å². The van der Waals surface area contributed by atoms with E-state index in [0.717, 1.165) is 5.56 Å². The molecule has 0 radical (unpaired) electrons. The number of nitrogens with one attached hydrogen (secondary N) is 1. The Balaban J connectivity index is 1.93. The van der Waals surface area contributed by atoms with E-state index < -0.39 is 17.6 Å². The van der Waals surface area contributed by atoms with Gasteiger partial charge in [0.15, 0.2) is 5.54 Å². The first-order chi connectivity index (χ1) is 17.3. The standard InChI is InChI=1S/C28H28Cl2N2O4/c1-5-35-27(33)28(19-8-12-21(30)13-9-19)25(18-6-10-20(29)11-7-18)31-26(32-28)23-15-14-22(34-4)16-24(23)36-17(2)3/h6-17,25H,5H2,1-4H3,(H,31,32). The number of aliphatic imine (C=N–C) groups is 1. The van der Waals surface area contributed by atoms with Crippen molar-refractivity contribution in [2.75, 3.05) is 13.7 Å². The van der Waals surface area contributed by atoms with Crippen LogP contribution in [0.3, 0.4) is 0 Å². The van der Waals surface area contributed by atoms with Gasteiger partial charge in [0.25, 0.3) is 0 Å². The lowest BCUT2D eigenvalue weighted by Gasteiger charge is -2.33. The van der Waals surface area contributed by atoms with Crippen LogP contribution in [0.25, 0.3) is 0 Å². The van der Waals surface area contributed by atoms with Crippen molar-refractivity contribution >= 4 is 35.0 Å². The molecule has 0 bridgehead atoms. The lowest BCUT2D eigenvalue weighted by molar-refractivity contribution is -0.151. The van der Waals surface area contributed by atoms with Crippen molar-refractivity contribution in [3.63, 3.8) is 0 Å². The highest BCUT2D eigenvalue weighted by Gasteiger charge is 2.54. The van der Waals surface area contributed by atoms with Crippen LogP contribution < -0.4 is 14.8 Å². The highest BCUT2D eigenvalue weighted by molar-refractivity contribution is 6.30. The van der Waals surface area contributed by atoms with E-state index in [1.54, 1.807) is 38.3 Å². The second-order valence-corrected chi connectivity index (χ2v) is 9.49. The number of esters is 1. The second-order valence-electron chi connectivity index (χ2n) is 8.62. The number of hydrogen-bond donors (Lipinski definition) is 1. The highest BCUT2D eigenvalue weighted by atomic mass is 35.5. The lowest BCUT2D eigenvalue weighted by atomic mass is 9.80. The van der Waals surface area contributed by atoms with Crippen molar-refractivity contribution in [1.82, 2.24) is 5.32 Å². The minimum Gasteiger partial charge on any atom is -0.497 e. The number of methoxy groups -OCH3 is 1. The summed E-state index contributed by atoms with van der Waals surface area (Å²) in [5.74, 6) is 1.28. The number of benzene rings is 3. The van der Waals surface area contributed by atoms with E-state index in [9.17, 15) is 4.79 Å². The summed E-state index contributed by atoms with van der Waals surface area (Å²) in [6.07, 6.45) is -0.0870. The molecule has 8 heteroatoms. The van der Waals surface area contributed by atoms with Crippen LogP contribution in [0, 0.1) is 0 Å². The van der Waals surface area contributed by atoms with Gasteiger partial charge < -0.3 is 19.5 Å². The van der Waals surface area contributed by atoms with Crippen molar-refractivity contribution < 1.29 is 19.0 Å². The molecule has 6 nitrogen and oxygen atoms in total. The van der Waals surface area contributed by atoms with Gasteiger partial charge in [0.1, 0.15) is 23.4 Å². The Kier molecular flexibility index (Phi) is 7.76. The Labute approximate surface area is 221 Å². The van der Waals surface area contributed by atoms with Gasteiger partial charge in [0, 0.05) is 16.1 Å². The Morgan fingerprint density at radius 1 is 1.03 bits per heavy atom. The van der Waals surface area contributed by atoms with Gasteiger partial charge >= 0.3 is 5.97 Å². The summed E-state index contributed by atoms with van der Waals surface area (Å²) in [7, 11) is 1.60. The van der Waals surface area contributed by atoms with Crippen LogP contribution >= 0.6 is 23.2 Å². The number of amidine groups is 1. The molecule has 2 unspecified atom stereocenters. The minimum atomic E-state index is -1.35. The third-order valence-electron chi connectivity index (χ3n) is 5.87. The molecule has 0 spiro atoms. The molecule has 0 aromatic heterocycles. The summed E-state index contributed by atoms with van der Waals surface area (Å²) in [6.45, 7) is 5.88. The predicted molar refractivity (Wildman–Crippen MR) is 142 cm³/mol. The van der Waals surface area contributed by atoms with Gasteiger partial charge in [0.2, 0.25) is 0 Å². The maximum atomic E-state index is 13.8. The Bertz CT molecular complexity index is 1260. The van der Waals surface area contributed by atoms with Crippen LogP contribution in [0.5, 0.6) is 11.5 Å². The first kappa shape index (κ1) is 25.9. The number of rotatable bonds is 8. The quantitative estimate of drug-likeness (QED) is 0.347. The van der Waals surface area contributed by atoms with Crippen molar-refractivity contribution in [2.24, 2.45) is 4.99 Å². The summed E-state index contributed by atoms with van der Waals surface area (Å²) in [4.78, 5) is 18.8. The summed E-state index contributed by atoms with van der Waals surface area (Å²) in [5, 5.41) is 4.58. The number of nitrogens with zero attached hydrogens (tertiary/aromatic N) is 1. The lowest BCUT2D eigenvalue weighted by Crippen LogP contribution is -2.52. The molecule has 0 aliphatic carbocycles. The van der Waals surface area contributed by atoms with Crippen LogP contribution in [0.15, 0.2) is 71.7 Å². The normalized spacial score (nSPS) is 19.0. The molecule has 0 fully saturated rings. The van der Waals surface area contributed by atoms with Crippen molar-refractivity contribution in [3.05, 3.63) is 93.5 Å². The molecule has 3 aromatic rings. The highest BCUT2D eigenvalue weighted by Crippen LogP contribution is 2.45. The van der Waals surface area contributed by atoms with E-state index >= 15 is 0 Å². The van der Waals surface area contributed by atoms with Crippen LogP contribution in [0.4, 0.5) is 0 Å². The van der Waals surface area contributed by atoms with Crippen LogP contribution in [-0.4, -0.2) is 31.6 Å². The summed E-state index contributed by atoms with van der Waals surface area (Å²) in [6, 6.07) is 19.3. The molecule has 1 N–H and O–H groups in total. The third kappa shape index (κ3) is 5.01. The number of ether oxygens (including phenoxy) is 3. The molecular weight excluding hydrogens is 499 g/mol. The topological polar surface area (TPSA) is 69.2 Å². The first-order valence-corrected chi connectivity index (χ1v) is 12.4. The maximum absolute atomic E-state index is 13.8. The monoisotopic (exact) mass is 526 g/mol. The average molecular weight is 527 g/mol.